The molecule has 0 radical (unpaired) electrons. The number of nitrogens with zero attached hydrogens (tertiary/aromatic N) is 2. The fourth-order valence-corrected chi connectivity index (χ4v) is 8.64. The summed E-state index contributed by atoms with van der Waals surface area (Å²) in [5, 5.41) is 70.3. The number of rotatable bonds is 42. The largest absolute Gasteiger partial charge is 0.394 e. The first-order valence-corrected chi connectivity index (χ1v) is 25.8. The van der Waals surface area contributed by atoms with E-state index < -0.39 is 55.6 Å². The minimum Gasteiger partial charge on any atom is -0.394 e. The fourth-order valence-electron chi connectivity index (χ4n) is 8.64. The van der Waals surface area contributed by atoms with Crippen LogP contribution in [0.1, 0.15) is 237 Å². The number of aromatic nitrogens is 2. The van der Waals surface area contributed by atoms with Crippen molar-refractivity contribution in [2.45, 2.75) is 281 Å². The lowest BCUT2D eigenvalue weighted by Crippen LogP contribution is -2.60. The minimum atomic E-state index is -1.64. The van der Waals surface area contributed by atoms with Crippen LogP contribution in [0.4, 0.5) is 0 Å². The van der Waals surface area contributed by atoms with E-state index in [1.54, 1.807) is 10.9 Å². The highest BCUT2D eigenvalue weighted by Crippen LogP contribution is 2.25. The lowest BCUT2D eigenvalue weighted by molar-refractivity contribution is -0.303. The van der Waals surface area contributed by atoms with Crippen molar-refractivity contribution in [1.29, 1.82) is 0 Å². The molecule has 1 aliphatic heterocycles. The number of unbranched alkanes of at least 4 members (excludes halogenated alkanes) is 30. The van der Waals surface area contributed by atoms with Crippen LogP contribution in [-0.2, 0) is 20.8 Å². The van der Waals surface area contributed by atoms with E-state index in [1.165, 1.54) is 173 Å². The molecular formula is C50H95N3O9. The molecule has 1 saturated heterocycles. The zero-order chi connectivity index (χ0) is 45.0. The predicted molar refractivity (Wildman–Crippen MR) is 249 cm³/mol. The number of amides is 1. The first-order valence-electron chi connectivity index (χ1n) is 25.8. The van der Waals surface area contributed by atoms with Gasteiger partial charge in [0.2, 0.25) is 5.91 Å². The number of hydrogen-bond donors (Lipinski definition) is 7. The van der Waals surface area contributed by atoms with E-state index in [4.69, 9.17) is 9.47 Å². The summed E-state index contributed by atoms with van der Waals surface area (Å²) in [6.07, 6.45) is 33.9. The zero-order valence-corrected chi connectivity index (χ0v) is 39.5. The Bertz CT molecular complexity index is 1170. The first-order chi connectivity index (χ1) is 30.2. The van der Waals surface area contributed by atoms with Crippen molar-refractivity contribution >= 4 is 5.91 Å². The van der Waals surface area contributed by atoms with Gasteiger partial charge in [-0.3, -0.25) is 9.48 Å². The van der Waals surface area contributed by atoms with Gasteiger partial charge < -0.3 is 45.4 Å². The summed E-state index contributed by atoms with van der Waals surface area (Å²) in [5.74, 6) is -0.303. The van der Waals surface area contributed by atoms with Gasteiger partial charge in [0.15, 0.2) is 6.29 Å². The van der Waals surface area contributed by atoms with Gasteiger partial charge in [0.05, 0.1) is 25.5 Å². The number of nitrogens with one attached hydrogen (secondary N) is 1. The van der Waals surface area contributed by atoms with Gasteiger partial charge in [-0.2, -0.15) is 5.10 Å². The Hall–Kier alpha value is -1.64. The zero-order valence-electron chi connectivity index (χ0n) is 39.5. The van der Waals surface area contributed by atoms with Crippen molar-refractivity contribution < 1.29 is 44.9 Å². The summed E-state index contributed by atoms with van der Waals surface area (Å²) in [5.41, 5.74) is 0.398. The number of aryl methyl sites for hydroxylation is 1. The molecule has 0 aromatic carbocycles. The van der Waals surface area contributed by atoms with Gasteiger partial charge in [-0.25, -0.2) is 0 Å². The number of hydrogen-bond acceptors (Lipinski definition) is 10. The summed E-state index contributed by atoms with van der Waals surface area (Å²) in [7, 11) is 0. The van der Waals surface area contributed by atoms with E-state index in [0.29, 0.717) is 18.5 Å². The second-order valence-corrected chi connectivity index (χ2v) is 18.5. The molecule has 1 aliphatic rings. The fraction of sp³-hybridized carbons (Fsp3) is 0.920. The standard InChI is InChI=1S/C50H95N3O9/c1-3-5-7-9-11-13-14-15-16-17-18-19-20-21-22-23-24-25-26-27-29-31-33-35-44(55)52-42(40-61-50-49(60)48(59)47(58)43(39-54)62-50)46(57)45(56)41-37-51-53(38-41)36-34-32-30-28-12-10-8-6-4-2/h37-38,42-43,45-50,54,56-60H,3-36,39-40H2,1-2H3,(H,52,55)/t42-,43+,45+,46-,47-,48-,49+,50-/m0/s1. The predicted octanol–water partition coefficient (Wildman–Crippen LogP) is 9.49. The molecule has 8 atom stereocenters. The summed E-state index contributed by atoms with van der Waals surface area (Å²) in [6, 6.07) is -1.10. The Morgan fingerprint density at radius 1 is 0.645 bits per heavy atom. The van der Waals surface area contributed by atoms with Crippen molar-refractivity contribution in [1.82, 2.24) is 15.1 Å². The van der Waals surface area contributed by atoms with Crippen molar-refractivity contribution in [2.75, 3.05) is 13.2 Å². The van der Waals surface area contributed by atoms with Gasteiger partial charge in [-0.15, -0.1) is 0 Å². The van der Waals surface area contributed by atoms with Crippen molar-refractivity contribution in [2.24, 2.45) is 0 Å². The van der Waals surface area contributed by atoms with Crippen molar-refractivity contribution in [3.8, 4) is 0 Å². The average molecular weight is 882 g/mol. The molecule has 7 N–H and O–H groups in total. The topological polar surface area (TPSA) is 187 Å². The third kappa shape index (κ3) is 25.7. The Labute approximate surface area is 377 Å². The van der Waals surface area contributed by atoms with Crippen LogP contribution in [0.25, 0.3) is 0 Å². The molecule has 0 aliphatic carbocycles. The first kappa shape index (κ1) is 56.5. The molecule has 364 valence electrons. The van der Waals surface area contributed by atoms with E-state index >= 15 is 0 Å². The van der Waals surface area contributed by atoms with Gasteiger partial charge in [0.1, 0.15) is 36.6 Å². The smallest absolute Gasteiger partial charge is 0.220 e. The lowest BCUT2D eigenvalue weighted by atomic mass is 9.99. The maximum absolute atomic E-state index is 13.1. The Balaban J connectivity index is 1.66. The number of carbonyl (C=O) groups is 1. The van der Waals surface area contributed by atoms with Gasteiger partial charge in [-0.05, 0) is 12.8 Å². The van der Waals surface area contributed by atoms with Crippen LogP contribution in [0.2, 0.25) is 0 Å². The average Bonchev–Trinajstić information content (AvgIpc) is 3.75. The summed E-state index contributed by atoms with van der Waals surface area (Å²) in [6.45, 7) is 4.21. The third-order valence-corrected chi connectivity index (χ3v) is 12.9. The minimum absolute atomic E-state index is 0.245. The Morgan fingerprint density at radius 2 is 1.06 bits per heavy atom. The van der Waals surface area contributed by atoms with Crippen LogP contribution < -0.4 is 5.32 Å². The van der Waals surface area contributed by atoms with Gasteiger partial charge >= 0.3 is 0 Å². The molecule has 12 heteroatoms. The molecule has 12 nitrogen and oxygen atoms in total. The molecule has 1 aromatic rings. The van der Waals surface area contributed by atoms with Gasteiger partial charge in [0.25, 0.3) is 0 Å². The van der Waals surface area contributed by atoms with Gasteiger partial charge in [0, 0.05) is 24.7 Å². The molecule has 0 bridgehead atoms. The summed E-state index contributed by atoms with van der Waals surface area (Å²) >= 11 is 0. The Morgan fingerprint density at radius 3 is 1.50 bits per heavy atom. The van der Waals surface area contributed by atoms with E-state index in [-0.39, 0.29) is 18.9 Å². The van der Waals surface area contributed by atoms with Crippen LogP contribution in [0.15, 0.2) is 12.4 Å². The Kier molecular flexibility index (Phi) is 34.2. The molecular weight excluding hydrogens is 787 g/mol. The van der Waals surface area contributed by atoms with Crippen LogP contribution >= 0.6 is 0 Å². The van der Waals surface area contributed by atoms with Crippen LogP contribution in [0.3, 0.4) is 0 Å². The highest BCUT2D eigenvalue weighted by Gasteiger charge is 2.44. The molecule has 0 spiro atoms. The summed E-state index contributed by atoms with van der Waals surface area (Å²) < 4.78 is 13.0. The monoisotopic (exact) mass is 882 g/mol. The second-order valence-electron chi connectivity index (χ2n) is 18.5. The SMILES string of the molecule is CCCCCCCCCCCCCCCCCCCCCCCCCC(=O)N[C@@H](CO[C@H]1O[C@H](CO)[C@H](O)[C@H](O)[C@H]1O)[C@H](O)[C@H](O)c1cnn(CCCCCCCCCCC)c1. The van der Waals surface area contributed by atoms with E-state index in [9.17, 15) is 35.4 Å². The highest BCUT2D eigenvalue weighted by atomic mass is 16.7. The maximum atomic E-state index is 13.1. The molecule has 2 heterocycles. The van der Waals surface area contributed by atoms with E-state index in [2.05, 4.69) is 24.3 Å². The maximum Gasteiger partial charge on any atom is 0.220 e. The number of carbonyl (C=O) groups excluding carboxylic acids is 1. The van der Waals surface area contributed by atoms with Crippen molar-refractivity contribution in [3.63, 3.8) is 0 Å². The molecule has 62 heavy (non-hydrogen) atoms. The van der Waals surface area contributed by atoms with E-state index in [1.807, 2.05) is 0 Å². The molecule has 1 aromatic heterocycles. The molecule has 0 unspecified atom stereocenters. The van der Waals surface area contributed by atoms with Crippen LogP contribution in [0.5, 0.6) is 0 Å². The summed E-state index contributed by atoms with van der Waals surface area (Å²) in [4.78, 5) is 13.1. The normalized spacial score (nSPS) is 20.7. The molecule has 2 rings (SSSR count). The van der Waals surface area contributed by atoms with Crippen molar-refractivity contribution in [3.05, 3.63) is 18.0 Å². The lowest BCUT2D eigenvalue weighted by Gasteiger charge is -2.40. The molecule has 1 amide bonds. The second kappa shape index (κ2) is 37.6. The number of aliphatic hydroxyl groups is 6. The molecule has 0 saturated carbocycles. The molecule has 1 fully saturated rings. The third-order valence-electron chi connectivity index (χ3n) is 12.9. The number of ether oxygens (including phenoxy) is 2. The highest BCUT2D eigenvalue weighted by molar-refractivity contribution is 5.76. The van der Waals surface area contributed by atoms with E-state index in [0.717, 1.165) is 32.1 Å². The number of aliphatic hydroxyl groups excluding tert-OH is 6. The van der Waals surface area contributed by atoms with Gasteiger partial charge in [-0.1, -0.05) is 206 Å². The van der Waals surface area contributed by atoms with Crippen LogP contribution in [-0.4, -0.2) is 102 Å². The van der Waals surface area contributed by atoms with Crippen LogP contribution in [0, 0.1) is 0 Å². The quantitative estimate of drug-likeness (QED) is 0.0312.